The molecular weight excluding hydrogens is 390 g/mol. The number of fused-ring (bicyclic) bond motifs is 1. The van der Waals surface area contributed by atoms with Crippen molar-refractivity contribution in [3.63, 3.8) is 0 Å². The third kappa shape index (κ3) is 3.56. The van der Waals surface area contributed by atoms with Crippen LogP contribution in [0.5, 0.6) is 0 Å². The topological polar surface area (TPSA) is 123 Å². The van der Waals surface area contributed by atoms with Gasteiger partial charge in [-0.05, 0) is 7.05 Å². The summed E-state index contributed by atoms with van der Waals surface area (Å²) < 4.78 is 3.69. The van der Waals surface area contributed by atoms with Gasteiger partial charge in [-0.15, -0.1) is 0 Å². The highest BCUT2D eigenvalue weighted by Gasteiger charge is 2.18. The molecule has 4 rings (SSSR count). The summed E-state index contributed by atoms with van der Waals surface area (Å²) in [5.74, 6) is 0.771. The molecule has 158 valence electrons. The van der Waals surface area contributed by atoms with E-state index >= 15 is 0 Å². The number of nitrogens with one attached hydrogen (secondary N) is 1. The van der Waals surface area contributed by atoms with Gasteiger partial charge in [-0.3, -0.25) is 18.7 Å². The first-order valence-electron chi connectivity index (χ1n) is 9.51. The van der Waals surface area contributed by atoms with Crippen LogP contribution < -0.4 is 21.5 Å². The molecule has 30 heavy (non-hydrogen) atoms. The molecule has 3 aromatic rings. The summed E-state index contributed by atoms with van der Waals surface area (Å²) in [6.45, 7) is 3.44. The highest BCUT2D eigenvalue weighted by molar-refractivity contribution is 5.90. The summed E-state index contributed by atoms with van der Waals surface area (Å²) in [6.07, 6.45) is 2.79. The number of hydrogen-bond donors (Lipinski definition) is 1. The van der Waals surface area contributed by atoms with E-state index in [4.69, 9.17) is 0 Å². The summed E-state index contributed by atoms with van der Waals surface area (Å²) >= 11 is 0. The summed E-state index contributed by atoms with van der Waals surface area (Å²) in [5, 5.41) is 2.74. The molecule has 12 heteroatoms. The van der Waals surface area contributed by atoms with Crippen LogP contribution in [0.2, 0.25) is 0 Å². The van der Waals surface area contributed by atoms with Crippen molar-refractivity contribution in [1.82, 2.24) is 33.6 Å². The van der Waals surface area contributed by atoms with Crippen LogP contribution in [0.25, 0.3) is 11.2 Å². The average Bonchev–Trinajstić information content (AvgIpc) is 3.15. The Morgan fingerprint density at radius 2 is 1.77 bits per heavy atom. The van der Waals surface area contributed by atoms with Crippen molar-refractivity contribution >= 4 is 28.7 Å². The van der Waals surface area contributed by atoms with Crippen LogP contribution in [0.1, 0.15) is 0 Å². The first-order chi connectivity index (χ1) is 14.3. The maximum absolute atomic E-state index is 12.6. The molecule has 0 saturated carbocycles. The van der Waals surface area contributed by atoms with Crippen LogP contribution in [0, 0.1) is 0 Å². The number of nitrogens with zero attached hydrogens (tertiary/aromatic N) is 8. The molecule has 0 unspecified atom stereocenters. The van der Waals surface area contributed by atoms with Gasteiger partial charge in [0.1, 0.15) is 24.5 Å². The number of aryl methyl sites for hydroxylation is 1. The van der Waals surface area contributed by atoms with Crippen LogP contribution in [-0.4, -0.2) is 72.7 Å². The molecule has 1 aliphatic rings. The number of carbonyl (C=O) groups excluding carboxylic acids is 1. The highest BCUT2D eigenvalue weighted by Crippen LogP contribution is 2.16. The Morgan fingerprint density at radius 3 is 2.50 bits per heavy atom. The van der Waals surface area contributed by atoms with Crippen molar-refractivity contribution in [2.75, 3.05) is 43.4 Å². The van der Waals surface area contributed by atoms with Gasteiger partial charge in [0.2, 0.25) is 5.91 Å². The van der Waals surface area contributed by atoms with E-state index < -0.39 is 11.2 Å². The second-order valence-corrected chi connectivity index (χ2v) is 7.35. The van der Waals surface area contributed by atoms with Crippen molar-refractivity contribution in [3.8, 4) is 0 Å². The van der Waals surface area contributed by atoms with E-state index in [2.05, 4.69) is 37.1 Å². The second kappa shape index (κ2) is 7.71. The van der Waals surface area contributed by atoms with E-state index in [0.717, 1.165) is 36.6 Å². The molecule has 1 N–H and O–H groups in total. The first kappa shape index (κ1) is 19.8. The van der Waals surface area contributed by atoms with Crippen molar-refractivity contribution < 1.29 is 4.79 Å². The van der Waals surface area contributed by atoms with Crippen molar-refractivity contribution in [1.29, 1.82) is 0 Å². The Kier molecular flexibility index (Phi) is 5.08. The predicted molar refractivity (Wildman–Crippen MR) is 111 cm³/mol. The number of likely N-dealkylation sites (N-methyl/N-ethyl adjacent to an activating group) is 1. The van der Waals surface area contributed by atoms with E-state index in [1.807, 2.05) is 0 Å². The molecule has 0 spiro atoms. The third-order valence-corrected chi connectivity index (χ3v) is 5.28. The van der Waals surface area contributed by atoms with E-state index in [1.165, 1.54) is 35.9 Å². The van der Waals surface area contributed by atoms with Crippen LogP contribution in [-0.2, 0) is 25.4 Å². The molecule has 0 aliphatic carbocycles. The van der Waals surface area contributed by atoms with Crippen molar-refractivity contribution in [2.24, 2.45) is 14.1 Å². The summed E-state index contributed by atoms with van der Waals surface area (Å²) in [5.41, 5.74) is -0.553. The number of amides is 1. The lowest BCUT2D eigenvalue weighted by molar-refractivity contribution is -0.116. The van der Waals surface area contributed by atoms with Crippen LogP contribution in [0.4, 0.5) is 11.6 Å². The molecule has 12 nitrogen and oxygen atoms in total. The van der Waals surface area contributed by atoms with Gasteiger partial charge >= 0.3 is 5.69 Å². The van der Waals surface area contributed by atoms with Gasteiger partial charge in [-0.2, -0.15) is 0 Å². The smallest absolute Gasteiger partial charge is 0.332 e. The zero-order valence-electron chi connectivity index (χ0n) is 17.1. The van der Waals surface area contributed by atoms with E-state index in [0.29, 0.717) is 5.82 Å². The molecule has 0 bridgehead atoms. The number of carbonyl (C=O) groups is 1. The maximum Gasteiger partial charge on any atom is 0.332 e. The van der Waals surface area contributed by atoms with Gasteiger partial charge in [-0.25, -0.2) is 19.7 Å². The van der Waals surface area contributed by atoms with Crippen LogP contribution in [0.3, 0.4) is 0 Å². The predicted octanol–water partition coefficient (Wildman–Crippen LogP) is -1.39. The normalized spacial score (nSPS) is 15.0. The number of piperazine rings is 1. The van der Waals surface area contributed by atoms with Crippen molar-refractivity contribution in [2.45, 2.75) is 6.54 Å². The summed E-state index contributed by atoms with van der Waals surface area (Å²) in [7, 11) is 5.00. The fourth-order valence-electron chi connectivity index (χ4n) is 3.48. The lowest BCUT2D eigenvalue weighted by Gasteiger charge is -2.33. The molecule has 0 aromatic carbocycles. The molecule has 3 aromatic heterocycles. The molecule has 0 radical (unpaired) electrons. The summed E-state index contributed by atoms with van der Waals surface area (Å²) in [6, 6.07) is 1.73. The molecule has 1 saturated heterocycles. The summed E-state index contributed by atoms with van der Waals surface area (Å²) in [4.78, 5) is 54.0. The Balaban J connectivity index is 1.53. The number of rotatable bonds is 4. The standard InChI is InChI=1S/C18H23N9O3/c1-23-4-6-26(7-5-23)13-8-12(19-10-20-13)22-14(28)9-27-11-21-16-15(27)17(29)25(3)18(30)24(16)2/h8,10-11H,4-7,9H2,1-3H3,(H,19,20,22,28). The molecule has 0 atom stereocenters. The lowest BCUT2D eigenvalue weighted by Crippen LogP contribution is -2.44. The molecule has 1 fully saturated rings. The zero-order valence-corrected chi connectivity index (χ0v) is 17.1. The largest absolute Gasteiger partial charge is 0.354 e. The Hall–Kier alpha value is -3.54. The van der Waals surface area contributed by atoms with Gasteiger partial charge in [-0.1, -0.05) is 0 Å². The van der Waals surface area contributed by atoms with E-state index in [9.17, 15) is 14.4 Å². The van der Waals surface area contributed by atoms with Crippen molar-refractivity contribution in [3.05, 3.63) is 39.6 Å². The maximum atomic E-state index is 12.6. The fourth-order valence-corrected chi connectivity index (χ4v) is 3.48. The monoisotopic (exact) mass is 413 g/mol. The van der Waals surface area contributed by atoms with E-state index in [1.54, 1.807) is 6.07 Å². The Labute approximate surface area is 171 Å². The van der Waals surface area contributed by atoms with Gasteiger partial charge in [0.25, 0.3) is 5.56 Å². The quantitative estimate of drug-likeness (QED) is 0.555. The van der Waals surface area contributed by atoms with Gasteiger partial charge < -0.3 is 19.7 Å². The SMILES string of the molecule is CN1CCN(c2cc(NC(=O)Cn3cnc4c3c(=O)n(C)c(=O)n4C)ncn2)CC1. The Bertz CT molecular complexity index is 1220. The minimum absolute atomic E-state index is 0.141. The average molecular weight is 413 g/mol. The molecule has 4 heterocycles. The fraction of sp³-hybridized carbons (Fsp3) is 0.444. The third-order valence-electron chi connectivity index (χ3n) is 5.28. The number of aromatic nitrogens is 6. The lowest BCUT2D eigenvalue weighted by atomic mass is 10.3. The minimum atomic E-state index is -0.502. The van der Waals surface area contributed by atoms with Gasteiger partial charge in [0.15, 0.2) is 11.2 Å². The number of hydrogen-bond acceptors (Lipinski definition) is 8. The van der Waals surface area contributed by atoms with Gasteiger partial charge in [0.05, 0.1) is 6.33 Å². The molecular formula is C18H23N9O3. The van der Waals surface area contributed by atoms with E-state index in [-0.39, 0.29) is 23.6 Å². The Morgan fingerprint density at radius 1 is 1.03 bits per heavy atom. The second-order valence-electron chi connectivity index (χ2n) is 7.35. The van der Waals surface area contributed by atoms with Crippen LogP contribution >= 0.6 is 0 Å². The molecule has 1 amide bonds. The molecule has 1 aliphatic heterocycles. The number of anilines is 2. The van der Waals surface area contributed by atoms with Gasteiger partial charge in [0, 0.05) is 46.3 Å². The number of imidazole rings is 1. The highest BCUT2D eigenvalue weighted by atomic mass is 16.2. The first-order valence-corrected chi connectivity index (χ1v) is 9.51. The van der Waals surface area contributed by atoms with Crippen LogP contribution in [0.15, 0.2) is 28.3 Å². The minimum Gasteiger partial charge on any atom is -0.354 e. The zero-order chi connectivity index (χ0) is 21.4.